The number of hydrogen-bond donors (Lipinski definition) is 4. The van der Waals surface area contributed by atoms with E-state index in [-0.39, 0.29) is 18.0 Å². The summed E-state index contributed by atoms with van der Waals surface area (Å²) in [5, 5.41) is 22.9. The maximum atomic E-state index is 11.3. The van der Waals surface area contributed by atoms with E-state index in [0.717, 1.165) is 24.0 Å². The molecule has 2 rings (SSSR count). The molecule has 0 fully saturated rings. The highest BCUT2D eigenvalue weighted by Crippen LogP contribution is 2.28. The highest BCUT2D eigenvalue weighted by Gasteiger charge is 2.10. The van der Waals surface area contributed by atoms with Crippen molar-refractivity contribution in [3.05, 3.63) is 48.0 Å². The van der Waals surface area contributed by atoms with Gasteiger partial charge in [-0.3, -0.25) is 4.72 Å². The Morgan fingerprint density at radius 2 is 1.79 bits per heavy atom. The first kappa shape index (κ1) is 21.8. The van der Waals surface area contributed by atoms with Crippen LogP contribution < -0.4 is 19.5 Å². The number of anilines is 1. The second-order valence-corrected chi connectivity index (χ2v) is 8.07. The van der Waals surface area contributed by atoms with Gasteiger partial charge >= 0.3 is 0 Å². The lowest BCUT2D eigenvalue weighted by molar-refractivity contribution is 0.106. The normalized spacial score (nSPS) is 12.4. The van der Waals surface area contributed by atoms with E-state index in [0.29, 0.717) is 18.8 Å². The molecular formula is C19H26N2O6S. The smallest absolute Gasteiger partial charge is 0.229 e. The molecule has 154 valence electrons. The minimum absolute atomic E-state index is 0.0205. The number of sulfonamides is 1. The van der Waals surface area contributed by atoms with E-state index in [4.69, 9.17) is 9.47 Å². The fourth-order valence-corrected chi connectivity index (χ4v) is 2.99. The molecule has 0 aliphatic heterocycles. The van der Waals surface area contributed by atoms with Crippen molar-refractivity contribution in [2.24, 2.45) is 0 Å². The van der Waals surface area contributed by atoms with Gasteiger partial charge in [0.05, 0.1) is 19.1 Å². The van der Waals surface area contributed by atoms with E-state index in [1.807, 2.05) is 24.3 Å². The van der Waals surface area contributed by atoms with Crippen molar-refractivity contribution in [3.63, 3.8) is 0 Å². The molecule has 0 radical (unpaired) electrons. The van der Waals surface area contributed by atoms with Gasteiger partial charge in [-0.15, -0.1) is 0 Å². The average molecular weight is 410 g/mol. The fourth-order valence-electron chi connectivity index (χ4n) is 2.43. The van der Waals surface area contributed by atoms with Crippen LogP contribution in [0.15, 0.2) is 42.5 Å². The van der Waals surface area contributed by atoms with Crippen LogP contribution in [0.4, 0.5) is 5.69 Å². The van der Waals surface area contributed by atoms with Gasteiger partial charge in [0.25, 0.3) is 0 Å². The molecule has 0 amide bonds. The Hall–Kier alpha value is -2.49. The summed E-state index contributed by atoms with van der Waals surface area (Å²) < 4.78 is 35.4. The third-order valence-electron chi connectivity index (χ3n) is 3.84. The second-order valence-electron chi connectivity index (χ2n) is 6.32. The van der Waals surface area contributed by atoms with E-state index >= 15 is 0 Å². The number of rotatable bonds is 11. The number of phenolic OH excluding ortho intramolecular Hbond substituents is 1. The van der Waals surface area contributed by atoms with E-state index in [1.54, 1.807) is 7.11 Å². The maximum absolute atomic E-state index is 11.3. The summed E-state index contributed by atoms with van der Waals surface area (Å²) in [4.78, 5) is 0. The zero-order valence-corrected chi connectivity index (χ0v) is 16.7. The molecule has 2 aromatic carbocycles. The van der Waals surface area contributed by atoms with Crippen molar-refractivity contribution >= 4 is 15.7 Å². The molecule has 0 unspecified atom stereocenters. The number of methoxy groups -OCH3 is 1. The van der Waals surface area contributed by atoms with Gasteiger partial charge in [-0.05, 0) is 42.8 Å². The largest absolute Gasteiger partial charge is 0.506 e. The van der Waals surface area contributed by atoms with Gasteiger partial charge in [0, 0.05) is 12.6 Å². The molecule has 0 aromatic heterocycles. The van der Waals surface area contributed by atoms with Gasteiger partial charge in [-0.2, -0.15) is 0 Å². The second kappa shape index (κ2) is 10.2. The van der Waals surface area contributed by atoms with Gasteiger partial charge in [0.1, 0.15) is 30.0 Å². The van der Waals surface area contributed by atoms with Gasteiger partial charge in [0.2, 0.25) is 10.0 Å². The number of nitrogens with one attached hydrogen (secondary N) is 2. The molecular weight excluding hydrogens is 384 g/mol. The molecule has 2 aromatic rings. The average Bonchev–Trinajstić information content (AvgIpc) is 2.65. The lowest BCUT2D eigenvalue weighted by atomic mass is 10.1. The summed E-state index contributed by atoms with van der Waals surface area (Å²) >= 11 is 0. The minimum Gasteiger partial charge on any atom is -0.506 e. The Morgan fingerprint density at radius 1 is 1.11 bits per heavy atom. The summed E-state index contributed by atoms with van der Waals surface area (Å²) in [7, 11) is -1.90. The molecule has 0 saturated carbocycles. The Labute approximate surface area is 165 Å². The molecule has 0 aliphatic rings. The Balaban J connectivity index is 1.73. The molecule has 0 spiro atoms. The summed E-state index contributed by atoms with van der Waals surface area (Å²) in [6.45, 7) is 1.08. The molecule has 0 aliphatic carbocycles. The van der Waals surface area contributed by atoms with Crippen LogP contribution >= 0.6 is 0 Å². The molecule has 0 heterocycles. The maximum Gasteiger partial charge on any atom is 0.229 e. The van der Waals surface area contributed by atoms with Gasteiger partial charge < -0.3 is 25.0 Å². The number of aliphatic hydroxyl groups is 1. The van der Waals surface area contributed by atoms with Crippen molar-refractivity contribution in [2.75, 3.05) is 37.8 Å². The van der Waals surface area contributed by atoms with Crippen molar-refractivity contribution in [3.8, 4) is 17.2 Å². The van der Waals surface area contributed by atoms with E-state index in [1.165, 1.54) is 18.2 Å². The minimum atomic E-state index is -3.52. The molecule has 4 N–H and O–H groups in total. The van der Waals surface area contributed by atoms with Gasteiger partial charge in [-0.25, -0.2) is 8.42 Å². The quantitative estimate of drug-likeness (QED) is 0.326. The van der Waals surface area contributed by atoms with E-state index < -0.39 is 16.1 Å². The molecule has 28 heavy (non-hydrogen) atoms. The number of benzene rings is 2. The lowest BCUT2D eigenvalue weighted by Gasteiger charge is -2.14. The Kier molecular flexibility index (Phi) is 7.91. The molecule has 8 nitrogen and oxygen atoms in total. The first-order valence-electron chi connectivity index (χ1n) is 8.72. The zero-order chi connectivity index (χ0) is 20.6. The molecule has 0 saturated heterocycles. The van der Waals surface area contributed by atoms with Crippen molar-refractivity contribution in [2.45, 2.75) is 12.5 Å². The summed E-state index contributed by atoms with van der Waals surface area (Å²) in [6.07, 6.45) is 1.06. The molecule has 0 bridgehead atoms. The topological polar surface area (TPSA) is 117 Å². The van der Waals surface area contributed by atoms with Crippen LogP contribution in [0.5, 0.6) is 17.2 Å². The fraction of sp³-hybridized carbons (Fsp3) is 0.368. The molecule has 9 heteroatoms. The monoisotopic (exact) mass is 410 g/mol. The predicted octanol–water partition coefficient (Wildman–Crippen LogP) is 1.34. The first-order chi connectivity index (χ1) is 13.3. The van der Waals surface area contributed by atoms with Crippen molar-refractivity contribution in [1.82, 2.24) is 5.32 Å². The summed E-state index contributed by atoms with van der Waals surface area (Å²) in [5.41, 5.74) is 1.18. The third-order valence-corrected chi connectivity index (χ3v) is 4.43. The zero-order valence-electron chi connectivity index (χ0n) is 15.9. The summed E-state index contributed by atoms with van der Waals surface area (Å²) in [5.74, 6) is 0.938. The van der Waals surface area contributed by atoms with Crippen LogP contribution in [0.3, 0.4) is 0 Å². The van der Waals surface area contributed by atoms with Crippen molar-refractivity contribution in [1.29, 1.82) is 0 Å². The number of ether oxygens (including phenoxy) is 2. The van der Waals surface area contributed by atoms with Crippen LogP contribution in [0.1, 0.15) is 5.56 Å². The number of aromatic hydroxyl groups is 1. The lowest BCUT2D eigenvalue weighted by Crippen LogP contribution is -2.32. The number of aliphatic hydroxyl groups excluding tert-OH is 1. The van der Waals surface area contributed by atoms with Crippen LogP contribution in [0.25, 0.3) is 0 Å². The van der Waals surface area contributed by atoms with Crippen molar-refractivity contribution < 1.29 is 28.1 Å². The standard InChI is InChI=1S/C19H26N2O6S/c1-26-16-5-3-14(4-6-16)9-10-20-12-15(22)13-27-17-7-8-19(23)18(11-17)21-28(2,24)25/h3-8,11,15,20-23H,9-10,12-13H2,1-2H3/t15-/m0/s1. The Bertz CT molecular complexity index is 855. The van der Waals surface area contributed by atoms with Crippen LogP contribution in [0.2, 0.25) is 0 Å². The van der Waals surface area contributed by atoms with E-state index in [9.17, 15) is 18.6 Å². The molecule has 1 atom stereocenters. The summed E-state index contributed by atoms with van der Waals surface area (Å²) in [6, 6.07) is 12.0. The number of phenols is 1. The van der Waals surface area contributed by atoms with Crippen LogP contribution in [-0.2, 0) is 16.4 Å². The van der Waals surface area contributed by atoms with Crippen LogP contribution in [-0.4, -0.2) is 57.8 Å². The SMILES string of the molecule is COc1ccc(CCNC[C@H](O)COc2ccc(O)c(NS(C)(=O)=O)c2)cc1. The van der Waals surface area contributed by atoms with E-state index in [2.05, 4.69) is 10.0 Å². The number of hydrogen-bond acceptors (Lipinski definition) is 7. The van der Waals surface area contributed by atoms with Gasteiger partial charge in [-0.1, -0.05) is 12.1 Å². The first-order valence-corrected chi connectivity index (χ1v) is 10.6. The van der Waals surface area contributed by atoms with Crippen LogP contribution in [0, 0.1) is 0 Å². The Morgan fingerprint density at radius 3 is 2.43 bits per heavy atom. The predicted molar refractivity (Wildman–Crippen MR) is 108 cm³/mol. The van der Waals surface area contributed by atoms with Gasteiger partial charge in [0.15, 0.2) is 0 Å². The highest BCUT2D eigenvalue weighted by molar-refractivity contribution is 7.92. The third kappa shape index (κ3) is 7.63. The highest BCUT2D eigenvalue weighted by atomic mass is 32.2.